The molecule has 0 bridgehead atoms. The lowest BCUT2D eigenvalue weighted by atomic mass is 10.2. The van der Waals surface area contributed by atoms with Crippen molar-refractivity contribution in [3.63, 3.8) is 0 Å². The van der Waals surface area contributed by atoms with Gasteiger partial charge in [0.05, 0.1) is 5.75 Å². The molecule has 1 N–H and O–H groups in total. The van der Waals surface area contributed by atoms with Gasteiger partial charge in [0.15, 0.2) is 22.5 Å². The van der Waals surface area contributed by atoms with Crippen LogP contribution in [-0.2, 0) is 17.8 Å². The van der Waals surface area contributed by atoms with Gasteiger partial charge in [-0.3, -0.25) is 14.7 Å². The molecule has 1 amide bonds. The Morgan fingerprint density at radius 1 is 1.31 bits per heavy atom. The van der Waals surface area contributed by atoms with E-state index in [0.717, 1.165) is 17.0 Å². The predicted octanol–water partition coefficient (Wildman–Crippen LogP) is 3.00. The lowest BCUT2D eigenvalue weighted by Crippen LogP contribution is -2.14. The molecule has 9 nitrogen and oxygen atoms in total. The van der Waals surface area contributed by atoms with Gasteiger partial charge in [0.1, 0.15) is 5.01 Å². The molecule has 2 aromatic heterocycles. The summed E-state index contributed by atoms with van der Waals surface area (Å²) < 4.78 is 12.7. The minimum Gasteiger partial charge on any atom is -0.454 e. The smallest absolute Gasteiger partial charge is 0.236 e. The maximum Gasteiger partial charge on any atom is 0.236 e. The Balaban J connectivity index is 1.47. The van der Waals surface area contributed by atoms with Gasteiger partial charge in [-0.05, 0) is 24.6 Å². The normalized spacial score (nSPS) is 12.2. The Hall–Kier alpha value is -2.92. The van der Waals surface area contributed by atoms with Crippen molar-refractivity contribution in [3.05, 3.63) is 35.9 Å². The number of hydrogen-bond donors (Lipinski definition) is 1. The van der Waals surface area contributed by atoms with E-state index in [1.54, 1.807) is 6.08 Å². The van der Waals surface area contributed by atoms with Crippen molar-refractivity contribution in [2.75, 3.05) is 17.9 Å². The van der Waals surface area contributed by atoms with Crippen LogP contribution in [0.15, 0.2) is 36.0 Å². The third-order valence-electron chi connectivity index (χ3n) is 4.01. The lowest BCUT2D eigenvalue weighted by Gasteiger charge is -2.08. The van der Waals surface area contributed by atoms with Crippen LogP contribution >= 0.6 is 23.1 Å². The molecular weight excluding hydrogens is 412 g/mol. The molecule has 0 spiro atoms. The van der Waals surface area contributed by atoms with E-state index in [4.69, 9.17) is 9.47 Å². The van der Waals surface area contributed by atoms with Crippen molar-refractivity contribution in [1.82, 2.24) is 25.0 Å². The average molecular weight is 431 g/mol. The number of nitrogens with one attached hydrogen (secondary N) is 1. The molecule has 11 heteroatoms. The Labute approximate surface area is 175 Å². The second-order valence-electron chi connectivity index (χ2n) is 5.96. The fraction of sp³-hybridized carbons (Fsp3) is 0.278. The van der Waals surface area contributed by atoms with Gasteiger partial charge in [-0.1, -0.05) is 36.1 Å². The molecule has 0 unspecified atom stereocenters. The van der Waals surface area contributed by atoms with Gasteiger partial charge in [-0.25, -0.2) is 0 Å². The predicted molar refractivity (Wildman–Crippen MR) is 110 cm³/mol. The highest BCUT2D eigenvalue weighted by atomic mass is 32.2. The zero-order chi connectivity index (χ0) is 20.2. The number of anilines is 1. The Morgan fingerprint density at radius 3 is 2.97 bits per heavy atom. The highest BCUT2D eigenvalue weighted by Gasteiger charge is 2.19. The topological polar surface area (TPSA) is 104 Å². The number of aryl methyl sites for hydroxylation is 1. The summed E-state index contributed by atoms with van der Waals surface area (Å²) in [6, 6.07) is 5.62. The van der Waals surface area contributed by atoms with Crippen LogP contribution in [0.5, 0.6) is 11.5 Å². The molecule has 3 heterocycles. The van der Waals surface area contributed by atoms with Gasteiger partial charge in [0.2, 0.25) is 17.8 Å². The van der Waals surface area contributed by atoms with Crippen molar-refractivity contribution in [1.29, 1.82) is 0 Å². The van der Waals surface area contributed by atoms with Crippen molar-refractivity contribution in [2.45, 2.75) is 25.0 Å². The summed E-state index contributed by atoms with van der Waals surface area (Å²) in [6.07, 6.45) is 2.55. The van der Waals surface area contributed by atoms with E-state index in [-0.39, 0.29) is 18.5 Å². The minimum absolute atomic E-state index is 0.174. The van der Waals surface area contributed by atoms with Gasteiger partial charge in [0, 0.05) is 12.1 Å². The number of amides is 1. The van der Waals surface area contributed by atoms with Crippen LogP contribution in [0.25, 0.3) is 11.4 Å². The highest BCUT2D eigenvalue weighted by Crippen LogP contribution is 2.36. The van der Waals surface area contributed by atoms with Crippen LogP contribution in [-0.4, -0.2) is 43.4 Å². The fourth-order valence-electron chi connectivity index (χ4n) is 2.67. The average Bonchev–Trinajstić information content (AvgIpc) is 3.46. The first-order chi connectivity index (χ1) is 14.2. The summed E-state index contributed by atoms with van der Waals surface area (Å²) >= 11 is 2.67. The molecule has 0 saturated carbocycles. The maximum absolute atomic E-state index is 12.3. The van der Waals surface area contributed by atoms with E-state index in [1.165, 1.54) is 23.1 Å². The number of carbonyl (C=O) groups is 1. The third-order valence-corrected chi connectivity index (χ3v) is 5.96. The maximum atomic E-state index is 12.3. The van der Waals surface area contributed by atoms with Crippen LogP contribution < -0.4 is 14.8 Å². The van der Waals surface area contributed by atoms with Gasteiger partial charge >= 0.3 is 0 Å². The van der Waals surface area contributed by atoms with Crippen LogP contribution in [0.1, 0.15) is 11.9 Å². The Morgan fingerprint density at radius 2 is 2.17 bits per heavy atom. The molecule has 1 aliphatic heterocycles. The number of rotatable bonds is 8. The summed E-state index contributed by atoms with van der Waals surface area (Å²) in [5, 5.41) is 21.3. The molecule has 0 atom stereocenters. The van der Waals surface area contributed by atoms with E-state index in [1.807, 2.05) is 29.7 Å². The number of ether oxygens (including phenoxy) is 2. The van der Waals surface area contributed by atoms with E-state index in [0.29, 0.717) is 34.2 Å². The highest BCUT2D eigenvalue weighted by molar-refractivity contribution is 7.99. The molecule has 0 saturated heterocycles. The summed E-state index contributed by atoms with van der Waals surface area (Å²) in [5.41, 5.74) is 0.848. The number of benzene rings is 1. The fourth-order valence-corrected chi connectivity index (χ4v) is 4.11. The number of carbonyl (C=O) groups excluding carboxylic acids is 1. The molecule has 29 heavy (non-hydrogen) atoms. The van der Waals surface area contributed by atoms with E-state index in [9.17, 15) is 4.79 Å². The summed E-state index contributed by atoms with van der Waals surface area (Å²) in [6.45, 7) is 6.52. The molecule has 3 aromatic rings. The molecule has 1 aromatic carbocycles. The van der Waals surface area contributed by atoms with Gasteiger partial charge in [-0.2, -0.15) is 0 Å². The number of hydrogen-bond acceptors (Lipinski definition) is 9. The molecule has 1 aliphatic rings. The number of aromatic nitrogens is 5. The quantitative estimate of drug-likeness (QED) is 0.430. The Bertz CT molecular complexity index is 1050. The first-order valence-corrected chi connectivity index (χ1v) is 10.7. The molecule has 150 valence electrons. The SMILES string of the molecule is C=CCn1c(SCC(=O)Nc2nnc(CC)s2)nnc1-c1ccc2c(c1)OCO2. The van der Waals surface area contributed by atoms with Gasteiger partial charge < -0.3 is 9.47 Å². The van der Waals surface area contributed by atoms with Crippen LogP contribution in [0.4, 0.5) is 5.13 Å². The second-order valence-corrected chi connectivity index (χ2v) is 7.97. The zero-order valence-electron chi connectivity index (χ0n) is 15.6. The van der Waals surface area contributed by atoms with Crippen molar-refractivity contribution >= 4 is 34.1 Å². The van der Waals surface area contributed by atoms with E-state index in [2.05, 4.69) is 32.3 Å². The number of thioether (sulfide) groups is 1. The first kappa shape index (κ1) is 19.4. The molecule has 0 aliphatic carbocycles. The van der Waals surface area contributed by atoms with Crippen molar-refractivity contribution in [2.24, 2.45) is 0 Å². The first-order valence-electron chi connectivity index (χ1n) is 8.87. The van der Waals surface area contributed by atoms with Gasteiger partial charge in [-0.15, -0.1) is 27.0 Å². The third kappa shape index (κ3) is 4.25. The summed E-state index contributed by atoms with van der Waals surface area (Å²) in [4.78, 5) is 12.3. The molecule has 0 radical (unpaired) electrons. The standard InChI is InChI=1S/C18H18N6O3S2/c1-3-7-24-16(11-5-6-12-13(8-11)27-10-26-12)21-23-18(24)28-9-14(25)19-17-22-20-15(4-2)29-17/h3,5-6,8H,1,4,7,9-10H2,2H3,(H,19,22,25). The number of fused-ring (bicyclic) bond motifs is 1. The van der Waals surface area contributed by atoms with E-state index < -0.39 is 0 Å². The van der Waals surface area contributed by atoms with Crippen molar-refractivity contribution in [3.8, 4) is 22.9 Å². The molecule has 0 fully saturated rings. The Kier molecular flexibility index (Phi) is 5.76. The summed E-state index contributed by atoms with van der Waals surface area (Å²) in [5.74, 6) is 2.05. The van der Waals surface area contributed by atoms with Crippen molar-refractivity contribution < 1.29 is 14.3 Å². The second kappa shape index (κ2) is 8.62. The zero-order valence-corrected chi connectivity index (χ0v) is 17.3. The number of nitrogens with zero attached hydrogens (tertiary/aromatic N) is 5. The molecule has 4 rings (SSSR count). The largest absolute Gasteiger partial charge is 0.454 e. The van der Waals surface area contributed by atoms with Crippen LogP contribution in [0, 0.1) is 0 Å². The number of allylic oxidation sites excluding steroid dienone is 1. The minimum atomic E-state index is -0.174. The monoisotopic (exact) mass is 430 g/mol. The summed E-state index contributed by atoms with van der Waals surface area (Å²) in [7, 11) is 0. The lowest BCUT2D eigenvalue weighted by molar-refractivity contribution is -0.113. The molecular formula is C18H18N6O3S2. The van der Waals surface area contributed by atoms with Gasteiger partial charge in [0.25, 0.3) is 0 Å². The van der Waals surface area contributed by atoms with Crippen LogP contribution in [0.2, 0.25) is 0 Å². The van der Waals surface area contributed by atoms with Crippen LogP contribution in [0.3, 0.4) is 0 Å². The van der Waals surface area contributed by atoms with E-state index >= 15 is 0 Å².